The molecule has 0 bridgehead atoms. The number of nitrogen functional groups attached to an aromatic ring is 1. The minimum Gasteiger partial charge on any atom is -0.454 e. The highest BCUT2D eigenvalue weighted by Gasteiger charge is 2.22. The highest BCUT2D eigenvalue weighted by molar-refractivity contribution is 6.00. The van der Waals surface area contributed by atoms with Gasteiger partial charge in [-0.05, 0) is 19.4 Å². The molecule has 1 atom stereocenters. The molecule has 0 fully saturated rings. The first kappa shape index (κ1) is 13.5. The van der Waals surface area contributed by atoms with E-state index in [-0.39, 0.29) is 19.2 Å². The van der Waals surface area contributed by atoms with Gasteiger partial charge in [-0.15, -0.1) is 0 Å². The summed E-state index contributed by atoms with van der Waals surface area (Å²) in [4.78, 5) is 12.0. The van der Waals surface area contributed by atoms with Crippen molar-refractivity contribution < 1.29 is 19.4 Å². The molecule has 6 heteroatoms. The van der Waals surface area contributed by atoms with Crippen LogP contribution < -0.4 is 20.5 Å². The summed E-state index contributed by atoms with van der Waals surface area (Å²) in [7, 11) is 0. The van der Waals surface area contributed by atoms with Crippen molar-refractivity contribution in [2.24, 2.45) is 0 Å². The molecule has 1 amide bonds. The molecule has 0 radical (unpaired) electrons. The smallest absolute Gasteiger partial charge is 0.253 e. The van der Waals surface area contributed by atoms with Gasteiger partial charge in [0.05, 0.1) is 11.2 Å². The van der Waals surface area contributed by atoms with Gasteiger partial charge in [0.2, 0.25) is 6.79 Å². The molecule has 1 aliphatic rings. The summed E-state index contributed by atoms with van der Waals surface area (Å²) in [6, 6.07) is 3.11. The lowest BCUT2D eigenvalue weighted by Gasteiger charge is -2.21. The summed E-state index contributed by atoms with van der Waals surface area (Å²) in [5.41, 5.74) is 5.51. The molecule has 6 nitrogen and oxygen atoms in total. The lowest BCUT2D eigenvalue weighted by Crippen LogP contribution is -2.40. The second-order valence-corrected chi connectivity index (χ2v) is 4.83. The SMILES string of the molecule is CCC(C)(O)CNC(=O)c1cc2c(cc1N)OCO2. The Morgan fingerprint density at radius 3 is 2.74 bits per heavy atom. The average molecular weight is 266 g/mol. The van der Waals surface area contributed by atoms with Crippen molar-refractivity contribution in [2.45, 2.75) is 25.9 Å². The number of rotatable bonds is 4. The van der Waals surface area contributed by atoms with Gasteiger partial charge in [0.25, 0.3) is 5.91 Å². The van der Waals surface area contributed by atoms with Gasteiger partial charge in [0.15, 0.2) is 11.5 Å². The normalized spacial score (nSPS) is 15.9. The number of fused-ring (bicyclic) bond motifs is 1. The first-order chi connectivity index (χ1) is 8.93. The molecule has 0 saturated heterocycles. The number of anilines is 1. The van der Waals surface area contributed by atoms with Crippen LogP contribution in [0.25, 0.3) is 0 Å². The van der Waals surface area contributed by atoms with Crippen molar-refractivity contribution >= 4 is 11.6 Å². The Balaban J connectivity index is 2.12. The van der Waals surface area contributed by atoms with E-state index in [4.69, 9.17) is 15.2 Å². The van der Waals surface area contributed by atoms with Crippen LogP contribution in [0.15, 0.2) is 12.1 Å². The van der Waals surface area contributed by atoms with Crippen molar-refractivity contribution in [3.8, 4) is 11.5 Å². The quantitative estimate of drug-likeness (QED) is 0.704. The predicted octanol–water partition coefficient (Wildman–Crippen LogP) is 0.888. The molecule has 2 rings (SSSR count). The second-order valence-electron chi connectivity index (χ2n) is 4.83. The molecule has 1 aromatic carbocycles. The Kier molecular flexibility index (Phi) is 3.53. The third-order valence-corrected chi connectivity index (χ3v) is 3.18. The summed E-state index contributed by atoms with van der Waals surface area (Å²) in [5, 5.41) is 12.5. The molecule has 1 aromatic rings. The number of nitrogens with two attached hydrogens (primary N) is 1. The highest BCUT2D eigenvalue weighted by atomic mass is 16.7. The molecule has 1 unspecified atom stereocenters. The lowest BCUT2D eigenvalue weighted by atomic mass is 10.0. The van der Waals surface area contributed by atoms with Crippen LogP contribution in [0.3, 0.4) is 0 Å². The zero-order valence-corrected chi connectivity index (χ0v) is 11.0. The van der Waals surface area contributed by atoms with E-state index in [1.165, 1.54) is 0 Å². The third kappa shape index (κ3) is 2.90. The number of hydrogen-bond donors (Lipinski definition) is 3. The first-order valence-electron chi connectivity index (χ1n) is 6.12. The van der Waals surface area contributed by atoms with E-state index < -0.39 is 5.60 Å². The van der Waals surface area contributed by atoms with Crippen molar-refractivity contribution in [1.82, 2.24) is 5.32 Å². The van der Waals surface area contributed by atoms with Crippen LogP contribution in [0.1, 0.15) is 30.6 Å². The Morgan fingerprint density at radius 1 is 1.47 bits per heavy atom. The molecule has 0 spiro atoms. The van der Waals surface area contributed by atoms with Gasteiger partial charge in [-0.1, -0.05) is 6.92 Å². The van der Waals surface area contributed by atoms with Crippen molar-refractivity contribution in [2.75, 3.05) is 19.1 Å². The van der Waals surface area contributed by atoms with Gasteiger partial charge in [-0.3, -0.25) is 4.79 Å². The van der Waals surface area contributed by atoms with E-state index in [1.54, 1.807) is 19.1 Å². The maximum Gasteiger partial charge on any atom is 0.253 e. The summed E-state index contributed by atoms with van der Waals surface area (Å²) in [5.74, 6) is 0.695. The van der Waals surface area contributed by atoms with E-state index >= 15 is 0 Å². The molecule has 0 aliphatic carbocycles. The molecule has 4 N–H and O–H groups in total. The molecule has 19 heavy (non-hydrogen) atoms. The fraction of sp³-hybridized carbons (Fsp3) is 0.462. The molecule has 0 saturated carbocycles. The zero-order chi connectivity index (χ0) is 14.0. The molecular weight excluding hydrogens is 248 g/mol. The number of carbonyl (C=O) groups excluding carboxylic acids is 1. The fourth-order valence-corrected chi connectivity index (χ4v) is 1.65. The summed E-state index contributed by atoms with van der Waals surface area (Å²) in [6.45, 7) is 3.80. The number of amides is 1. The minimum absolute atomic E-state index is 0.129. The topological polar surface area (TPSA) is 93.8 Å². The monoisotopic (exact) mass is 266 g/mol. The van der Waals surface area contributed by atoms with Crippen LogP contribution in [0.4, 0.5) is 5.69 Å². The Labute approximate surface area is 111 Å². The van der Waals surface area contributed by atoms with Crippen LogP contribution >= 0.6 is 0 Å². The van der Waals surface area contributed by atoms with Crippen LogP contribution in [-0.2, 0) is 0 Å². The largest absolute Gasteiger partial charge is 0.454 e. The standard InChI is InChI=1S/C13H18N2O4/c1-3-13(2,17)6-15-12(16)8-4-10-11(5-9(8)14)19-7-18-10/h4-5,17H,3,6-7,14H2,1-2H3,(H,15,16). The van der Waals surface area contributed by atoms with E-state index in [2.05, 4.69) is 5.32 Å². The summed E-state index contributed by atoms with van der Waals surface area (Å²) < 4.78 is 10.4. The van der Waals surface area contributed by atoms with Crippen LogP contribution in [-0.4, -0.2) is 30.0 Å². The molecule has 1 aliphatic heterocycles. The number of nitrogens with one attached hydrogen (secondary N) is 1. The first-order valence-corrected chi connectivity index (χ1v) is 6.12. The fourth-order valence-electron chi connectivity index (χ4n) is 1.65. The van der Waals surface area contributed by atoms with Gasteiger partial charge in [-0.25, -0.2) is 0 Å². The van der Waals surface area contributed by atoms with Crippen LogP contribution in [0.5, 0.6) is 11.5 Å². The number of ether oxygens (including phenoxy) is 2. The highest BCUT2D eigenvalue weighted by Crippen LogP contribution is 2.35. The maximum absolute atomic E-state index is 12.0. The van der Waals surface area contributed by atoms with Gasteiger partial charge in [0.1, 0.15) is 0 Å². The molecular formula is C13H18N2O4. The Hall–Kier alpha value is -1.95. The zero-order valence-electron chi connectivity index (χ0n) is 11.0. The van der Waals surface area contributed by atoms with Gasteiger partial charge in [-0.2, -0.15) is 0 Å². The Bertz CT molecular complexity index is 500. The van der Waals surface area contributed by atoms with E-state index in [9.17, 15) is 9.90 Å². The number of aliphatic hydroxyl groups is 1. The number of benzene rings is 1. The van der Waals surface area contributed by atoms with E-state index in [0.717, 1.165) is 0 Å². The molecule has 104 valence electrons. The van der Waals surface area contributed by atoms with Gasteiger partial charge < -0.3 is 25.6 Å². The second kappa shape index (κ2) is 4.97. The van der Waals surface area contributed by atoms with Crippen LogP contribution in [0, 0.1) is 0 Å². The lowest BCUT2D eigenvalue weighted by molar-refractivity contribution is 0.0518. The number of hydrogen-bond acceptors (Lipinski definition) is 5. The van der Waals surface area contributed by atoms with Gasteiger partial charge in [0, 0.05) is 18.3 Å². The predicted molar refractivity (Wildman–Crippen MR) is 70.2 cm³/mol. The van der Waals surface area contributed by atoms with Crippen molar-refractivity contribution in [3.05, 3.63) is 17.7 Å². The third-order valence-electron chi connectivity index (χ3n) is 3.18. The van der Waals surface area contributed by atoms with Crippen LogP contribution in [0.2, 0.25) is 0 Å². The molecule has 1 heterocycles. The van der Waals surface area contributed by atoms with Crippen molar-refractivity contribution in [1.29, 1.82) is 0 Å². The minimum atomic E-state index is -0.930. The van der Waals surface area contributed by atoms with E-state index in [1.807, 2.05) is 6.92 Å². The van der Waals surface area contributed by atoms with Crippen molar-refractivity contribution in [3.63, 3.8) is 0 Å². The maximum atomic E-state index is 12.0. The Morgan fingerprint density at radius 2 is 2.11 bits per heavy atom. The van der Waals surface area contributed by atoms with E-state index in [0.29, 0.717) is 29.2 Å². The summed E-state index contributed by atoms with van der Waals surface area (Å²) >= 11 is 0. The summed E-state index contributed by atoms with van der Waals surface area (Å²) in [6.07, 6.45) is 0.546. The van der Waals surface area contributed by atoms with Gasteiger partial charge >= 0.3 is 0 Å². The average Bonchev–Trinajstić information content (AvgIpc) is 2.82. The number of carbonyl (C=O) groups is 1. The molecule has 0 aromatic heterocycles.